The average molecular weight is 311 g/mol. The van der Waals surface area contributed by atoms with E-state index in [2.05, 4.69) is 5.32 Å². The third-order valence-electron chi connectivity index (χ3n) is 4.85. The van der Waals surface area contributed by atoms with Crippen LogP contribution in [0.3, 0.4) is 0 Å². The van der Waals surface area contributed by atoms with Gasteiger partial charge in [0.2, 0.25) is 0 Å². The second-order valence-corrected chi connectivity index (χ2v) is 6.33. The minimum atomic E-state index is 0.00183. The average Bonchev–Trinajstić information content (AvgIpc) is 2.61. The molecular weight excluding hydrogens is 290 g/mol. The maximum absolute atomic E-state index is 12.7. The number of hydrogen-bond donors (Lipinski definition) is 1. The van der Waals surface area contributed by atoms with Gasteiger partial charge in [0, 0.05) is 11.6 Å². The van der Waals surface area contributed by atoms with E-state index in [1.807, 2.05) is 42.5 Å². The summed E-state index contributed by atoms with van der Waals surface area (Å²) in [4.78, 5) is 12.7. The molecule has 1 aliphatic carbocycles. The fourth-order valence-corrected chi connectivity index (χ4v) is 3.68. The predicted molar refractivity (Wildman–Crippen MR) is 88.5 cm³/mol. The smallest absolute Gasteiger partial charge is 0.252 e. The number of hydrogen-bond acceptors (Lipinski definition) is 3. The Morgan fingerprint density at radius 2 is 1.74 bits per heavy atom. The molecule has 23 heavy (non-hydrogen) atoms. The van der Waals surface area contributed by atoms with Crippen molar-refractivity contribution in [3.63, 3.8) is 0 Å². The van der Waals surface area contributed by atoms with Gasteiger partial charge in [-0.15, -0.1) is 0 Å². The molecule has 0 unspecified atom stereocenters. The molecule has 2 aromatic carbocycles. The summed E-state index contributed by atoms with van der Waals surface area (Å²) in [5, 5.41) is 5.28. The molecule has 120 valence electrons. The van der Waals surface area contributed by atoms with Crippen molar-refractivity contribution in [1.82, 2.24) is 5.32 Å². The molecule has 0 aromatic heterocycles. The molecule has 4 rings (SSSR count). The molecule has 1 amide bonds. The normalized spacial score (nSPS) is 27.4. The van der Waals surface area contributed by atoms with Crippen LogP contribution in [0.15, 0.2) is 42.5 Å². The summed E-state index contributed by atoms with van der Waals surface area (Å²) in [6, 6.07) is 14.0. The Balaban J connectivity index is 1.49. The number of carbonyl (C=O) groups is 1. The summed E-state index contributed by atoms with van der Waals surface area (Å²) < 4.78 is 11.5. The van der Waals surface area contributed by atoms with Crippen LogP contribution in [0, 0.1) is 0 Å². The predicted octanol–water partition coefficient (Wildman–Crippen LogP) is 2.91. The summed E-state index contributed by atoms with van der Waals surface area (Å²) in [6.07, 6.45) is 3.05. The standard InChI is InChI=1S/C19H21NO3/c21-19(16-7-3-5-13-4-1-2-6-15(13)16)20-14-8-9-17-18(12-14)23-11-10-22-17/h1-7,14,17-18H,8-12H2,(H,20,21)/t14-,17+,18-/m1/s1. The first-order chi connectivity index (χ1) is 11.3. The number of rotatable bonds is 2. The Morgan fingerprint density at radius 1 is 0.957 bits per heavy atom. The van der Waals surface area contributed by atoms with Crippen LogP contribution < -0.4 is 5.32 Å². The van der Waals surface area contributed by atoms with Crippen LogP contribution in [0.5, 0.6) is 0 Å². The quantitative estimate of drug-likeness (QED) is 0.927. The van der Waals surface area contributed by atoms with E-state index in [4.69, 9.17) is 9.47 Å². The Bertz CT molecular complexity index is 709. The molecule has 1 saturated heterocycles. The highest BCUT2D eigenvalue weighted by molar-refractivity contribution is 6.07. The van der Waals surface area contributed by atoms with E-state index < -0.39 is 0 Å². The van der Waals surface area contributed by atoms with Gasteiger partial charge in [-0.25, -0.2) is 0 Å². The van der Waals surface area contributed by atoms with Gasteiger partial charge in [-0.2, -0.15) is 0 Å². The van der Waals surface area contributed by atoms with Crippen molar-refractivity contribution >= 4 is 16.7 Å². The van der Waals surface area contributed by atoms with Crippen LogP contribution >= 0.6 is 0 Å². The van der Waals surface area contributed by atoms with Gasteiger partial charge in [0.1, 0.15) is 0 Å². The number of fused-ring (bicyclic) bond motifs is 2. The van der Waals surface area contributed by atoms with Gasteiger partial charge in [-0.05, 0) is 36.1 Å². The monoisotopic (exact) mass is 311 g/mol. The summed E-state index contributed by atoms with van der Waals surface area (Å²) in [7, 11) is 0. The van der Waals surface area contributed by atoms with Crippen LogP contribution in [0.2, 0.25) is 0 Å². The first kappa shape index (κ1) is 14.7. The van der Waals surface area contributed by atoms with Crippen molar-refractivity contribution in [3.8, 4) is 0 Å². The van der Waals surface area contributed by atoms with Crippen LogP contribution in [0.25, 0.3) is 10.8 Å². The van der Waals surface area contributed by atoms with Crippen molar-refractivity contribution in [2.45, 2.75) is 37.5 Å². The third kappa shape index (κ3) is 2.96. The molecule has 1 N–H and O–H groups in total. The SMILES string of the molecule is O=C(N[C@@H]1CC[C@@H]2OCCO[C@@H]2C1)c1cccc2ccccc12. The molecule has 4 nitrogen and oxygen atoms in total. The fourth-order valence-electron chi connectivity index (χ4n) is 3.68. The summed E-state index contributed by atoms with van der Waals surface area (Å²) in [6.45, 7) is 1.35. The van der Waals surface area contributed by atoms with Gasteiger partial charge in [0.25, 0.3) is 5.91 Å². The highest BCUT2D eigenvalue weighted by atomic mass is 16.6. The minimum Gasteiger partial charge on any atom is -0.373 e. The summed E-state index contributed by atoms with van der Waals surface area (Å²) >= 11 is 0. The van der Waals surface area contributed by atoms with Crippen molar-refractivity contribution in [2.24, 2.45) is 0 Å². The molecule has 2 aliphatic rings. The maximum atomic E-state index is 12.7. The zero-order valence-electron chi connectivity index (χ0n) is 13.0. The first-order valence-electron chi connectivity index (χ1n) is 8.33. The second-order valence-electron chi connectivity index (χ2n) is 6.33. The van der Waals surface area contributed by atoms with Crippen molar-refractivity contribution in [1.29, 1.82) is 0 Å². The Labute approximate surface area is 135 Å². The lowest BCUT2D eigenvalue weighted by Gasteiger charge is -2.39. The second kappa shape index (κ2) is 6.30. The molecule has 2 aromatic rings. The van der Waals surface area contributed by atoms with Crippen molar-refractivity contribution < 1.29 is 14.3 Å². The van der Waals surface area contributed by atoms with Crippen molar-refractivity contribution in [2.75, 3.05) is 13.2 Å². The molecule has 1 saturated carbocycles. The Hall–Kier alpha value is -1.91. The maximum Gasteiger partial charge on any atom is 0.252 e. The van der Waals surface area contributed by atoms with E-state index in [-0.39, 0.29) is 24.2 Å². The lowest BCUT2D eigenvalue weighted by Crippen LogP contribution is -2.49. The number of amides is 1. The Morgan fingerprint density at radius 3 is 2.65 bits per heavy atom. The zero-order valence-corrected chi connectivity index (χ0v) is 13.0. The lowest BCUT2D eigenvalue weighted by molar-refractivity contribution is -0.157. The van der Waals surface area contributed by atoms with Gasteiger partial charge in [-0.3, -0.25) is 4.79 Å². The molecule has 1 aliphatic heterocycles. The van der Waals surface area contributed by atoms with E-state index in [9.17, 15) is 4.79 Å². The molecule has 1 heterocycles. The Kier molecular flexibility index (Phi) is 4.02. The van der Waals surface area contributed by atoms with Gasteiger partial charge in [-0.1, -0.05) is 36.4 Å². The van der Waals surface area contributed by atoms with Crippen molar-refractivity contribution in [3.05, 3.63) is 48.0 Å². The molecule has 0 radical (unpaired) electrons. The van der Waals surface area contributed by atoms with E-state index in [1.54, 1.807) is 0 Å². The highest BCUT2D eigenvalue weighted by Crippen LogP contribution is 2.27. The van der Waals surface area contributed by atoms with Gasteiger partial charge >= 0.3 is 0 Å². The molecule has 3 atom stereocenters. The van der Waals surface area contributed by atoms with Gasteiger partial charge in [0.15, 0.2) is 0 Å². The summed E-state index contributed by atoms with van der Waals surface area (Å²) in [5.41, 5.74) is 0.742. The fraction of sp³-hybridized carbons (Fsp3) is 0.421. The number of ether oxygens (including phenoxy) is 2. The number of nitrogens with one attached hydrogen (secondary N) is 1. The largest absolute Gasteiger partial charge is 0.373 e. The van der Waals surface area contributed by atoms with E-state index in [0.29, 0.717) is 13.2 Å². The van der Waals surface area contributed by atoms with Gasteiger partial charge < -0.3 is 14.8 Å². The molecule has 0 bridgehead atoms. The molecule has 2 fully saturated rings. The van der Waals surface area contributed by atoms with E-state index in [0.717, 1.165) is 35.6 Å². The van der Waals surface area contributed by atoms with Crippen LogP contribution in [0.1, 0.15) is 29.6 Å². The molecule has 0 spiro atoms. The first-order valence-corrected chi connectivity index (χ1v) is 8.33. The third-order valence-corrected chi connectivity index (χ3v) is 4.85. The lowest BCUT2D eigenvalue weighted by atomic mass is 9.89. The van der Waals surface area contributed by atoms with Crippen LogP contribution in [-0.4, -0.2) is 37.4 Å². The minimum absolute atomic E-state index is 0.00183. The summed E-state index contributed by atoms with van der Waals surface area (Å²) in [5.74, 6) is 0.00183. The zero-order chi connectivity index (χ0) is 15.6. The highest BCUT2D eigenvalue weighted by Gasteiger charge is 2.34. The molecule has 4 heteroatoms. The molecular formula is C19H21NO3. The van der Waals surface area contributed by atoms with E-state index >= 15 is 0 Å². The van der Waals surface area contributed by atoms with Gasteiger partial charge in [0.05, 0.1) is 25.4 Å². The van der Waals surface area contributed by atoms with Crippen LogP contribution in [-0.2, 0) is 9.47 Å². The van der Waals surface area contributed by atoms with Crippen LogP contribution in [0.4, 0.5) is 0 Å². The number of carbonyl (C=O) groups excluding carboxylic acids is 1. The number of benzene rings is 2. The van der Waals surface area contributed by atoms with E-state index in [1.165, 1.54) is 0 Å². The topological polar surface area (TPSA) is 47.6 Å².